The fourth-order valence-electron chi connectivity index (χ4n) is 5.98. The molecule has 3 aromatic carbocycles. The number of hydrogen-bond acceptors (Lipinski definition) is 8. The molecule has 0 radical (unpaired) electrons. The van der Waals surface area contributed by atoms with E-state index in [1.54, 1.807) is 6.07 Å². The molecule has 49 heavy (non-hydrogen) atoms. The summed E-state index contributed by atoms with van der Waals surface area (Å²) in [6, 6.07) is 13.0. The number of hydrogen-bond donors (Lipinski definition) is 1. The van der Waals surface area contributed by atoms with Crippen molar-refractivity contribution < 1.29 is 50.2 Å². The molecule has 1 saturated heterocycles. The number of methoxy groups -OCH3 is 2. The van der Waals surface area contributed by atoms with E-state index in [9.17, 15) is 45.5 Å². The van der Waals surface area contributed by atoms with Crippen molar-refractivity contribution in [3.8, 4) is 11.5 Å². The van der Waals surface area contributed by atoms with Crippen LogP contribution in [0.15, 0.2) is 76.6 Å². The normalized spacial score (nSPS) is 19.0. The summed E-state index contributed by atoms with van der Waals surface area (Å²) >= 11 is 1.38. The third-order valence-corrected chi connectivity index (χ3v) is 10.7. The lowest BCUT2D eigenvalue weighted by Crippen LogP contribution is -2.33. The summed E-state index contributed by atoms with van der Waals surface area (Å²) in [6.07, 6.45) is -9.69. The quantitative estimate of drug-likeness (QED) is 0.174. The molecule has 0 aliphatic carbocycles. The van der Waals surface area contributed by atoms with E-state index in [-0.39, 0.29) is 15.7 Å². The van der Waals surface area contributed by atoms with Crippen molar-refractivity contribution in [3.63, 3.8) is 0 Å². The van der Waals surface area contributed by atoms with Gasteiger partial charge in [0.15, 0.2) is 11.5 Å². The molecule has 3 amide bonds. The summed E-state index contributed by atoms with van der Waals surface area (Å²) in [6.45, 7) is -0.761. The van der Waals surface area contributed by atoms with Crippen LogP contribution in [0.25, 0.3) is 0 Å². The van der Waals surface area contributed by atoms with Crippen molar-refractivity contribution in [2.24, 2.45) is 5.92 Å². The van der Waals surface area contributed by atoms with Crippen LogP contribution >= 0.6 is 23.1 Å². The maximum Gasteiger partial charge on any atom is 0.418 e. The molecule has 3 atom stereocenters. The van der Waals surface area contributed by atoms with Crippen molar-refractivity contribution in [1.29, 1.82) is 0 Å². The zero-order chi connectivity index (χ0) is 35.4. The summed E-state index contributed by atoms with van der Waals surface area (Å²) in [7, 11) is 2.75. The molecular formula is C32H23F6N3O6S2. The topological polar surface area (TPSA) is 107 Å². The number of alkyl halides is 6. The SMILES string of the molecule is COc1ccc(C2c3sc(=O)n(CC(=O)Nc4ccccc4C(F)(F)F)c3SC3C(=O)N(c4ccccc4C(F)(F)F)C(=O)C32)cc1OC. The van der Waals surface area contributed by atoms with Crippen molar-refractivity contribution in [2.45, 2.75) is 35.1 Å². The first-order valence-corrected chi connectivity index (χ1v) is 16.0. The number of halogens is 6. The number of para-hydroxylation sites is 2. The van der Waals surface area contributed by atoms with Crippen molar-refractivity contribution in [3.05, 3.63) is 98.0 Å². The third kappa shape index (κ3) is 6.05. The Morgan fingerprint density at radius 1 is 0.837 bits per heavy atom. The van der Waals surface area contributed by atoms with Gasteiger partial charge in [0.05, 0.1) is 47.7 Å². The van der Waals surface area contributed by atoms with E-state index in [1.807, 2.05) is 0 Å². The second-order valence-corrected chi connectivity index (χ2v) is 13.0. The highest BCUT2D eigenvalue weighted by atomic mass is 32.2. The van der Waals surface area contributed by atoms with Crippen LogP contribution < -0.4 is 24.6 Å². The van der Waals surface area contributed by atoms with Gasteiger partial charge in [-0.1, -0.05) is 53.4 Å². The van der Waals surface area contributed by atoms with E-state index in [1.165, 1.54) is 38.5 Å². The van der Waals surface area contributed by atoms with Gasteiger partial charge >= 0.3 is 17.2 Å². The van der Waals surface area contributed by atoms with Gasteiger partial charge in [0.25, 0.3) is 0 Å². The van der Waals surface area contributed by atoms with Crippen LogP contribution in [0.1, 0.15) is 27.5 Å². The molecule has 6 rings (SSSR count). The number of ether oxygens (including phenoxy) is 2. The van der Waals surface area contributed by atoms with Gasteiger partial charge < -0.3 is 14.8 Å². The van der Waals surface area contributed by atoms with Gasteiger partial charge in [0.1, 0.15) is 11.8 Å². The standard InChI is InChI=1S/C32H23F6N3O6S2/c1-46-20-12-11-15(13-21(20)47-2)23-24-25(28(44)41(27(24)43)19-10-6-4-8-17(19)32(36,37)38)48-29-26(23)49-30(45)40(29)14-22(42)39-18-9-5-3-7-16(18)31(33,34)35/h3-13,23-25H,14H2,1-2H3,(H,39,42). The second kappa shape index (κ2) is 12.6. The second-order valence-electron chi connectivity index (χ2n) is 10.9. The Morgan fingerprint density at radius 3 is 2.12 bits per heavy atom. The average Bonchev–Trinajstić information content (AvgIpc) is 3.49. The number of carbonyl (C=O) groups is 3. The van der Waals surface area contributed by atoms with Crippen LogP contribution in [0.5, 0.6) is 11.5 Å². The Kier molecular flexibility index (Phi) is 8.77. The monoisotopic (exact) mass is 723 g/mol. The van der Waals surface area contributed by atoms with Crippen LogP contribution in [0, 0.1) is 5.92 Å². The zero-order valence-corrected chi connectivity index (χ0v) is 26.9. The van der Waals surface area contributed by atoms with Crippen LogP contribution in [0.2, 0.25) is 0 Å². The number of carbonyl (C=O) groups excluding carboxylic acids is 3. The summed E-state index contributed by atoms with van der Waals surface area (Å²) in [4.78, 5) is 54.6. The highest BCUT2D eigenvalue weighted by Gasteiger charge is 2.58. The minimum absolute atomic E-state index is 0.0717. The fraction of sp³-hybridized carbons (Fsp3) is 0.250. The Morgan fingerprint density at radius 2 is 1.47 bits per heavy atom. The molecule has 0 saturated carbocycles. The molecule has 1 aromatic heterocycles. The first kappa shape index (κ1) is 34.1. The predicted octanol–water partition coefficient (Wildman–Crippen LogP) is 6.40. The Bertz CT molecular complexity index is 2040. The maximum atomic E-state index is 14.1. The highest BCUT2D eigenvalue weighted by molar-refractivity contribution is 8.00. The Hall–Kier alpha value is -4.77. The van der Waals surface area contributed by atoms with Gasteiger partial charge in [-0.3, -0.25) is 23.7 Å². The maximum absolute atomic E-state index is 14.1. The number of amides is 3. The summed E-state index contributed by atoms with van der Waals surface area (Å²) in [5.74, 6) is -4.72. The molecule has 17 heteroatoms. The van der Waals surface area contributed by atoms with Crippen molar-refractivity contribution in [2.75, 3.05) is 24.4 Å². The van der Waals surface area contributed by atoms with Gasteiger partial charge in [-0.25, -0.2) is 4.90 Å². The lowest BCUT2D eigenvalue weighted by atomic mass is 9.83. The molecule has 2 aliphatic heterocycles. The van der Waals surface area contributed by atoms with Gasteiger partial charge in [-0.2, -0.15) is 26.3 Å². The summed E-state index contributed by atoms with van der Waals surface area (Å²) in [5, 5.41) is 0.914. The number of imide groups is 1. The number of thiazole rings is 1. The molecule has 3 heterocycles. The smallest absolute Gasteiger partial charge is 0.418 e. The zero-order valence-electron chi connectivity index (χ0n) is 25.2. The third-order valence-electron chi connectivity index (χ3n) is 8.07. The first-order chi connectivity index (χ1) is 23.1. The number of thioether (sulfide) groups is 1. The minimum Gasteiger partial charge on any atom is -0.493 e. The summed E-state index contributed by atoms with van der Waals surface area (Å²) < 4.78 is 94.5. The van der Waals surface area contributed by atoms with Crippen molar-refractivity contribution in [1.82, 2.24) is 4.57 Å². The van der Waals surface area contributed by atoms with Gasteiger partial charge in [-0.05, 0) is 42.0 Å². The van der Waals surface area contributed by atoms with Gasteiger partial charge in [0.2, 0.25) is 17.7 Å². The van der Waals surface area contributed by atoms with Crippen LogP contribution in [-0.2, 0) is 33.3 Å². The first-order valence-electron chi connectivity index (χ1n) is 14.3. The molecule has 1 N–H and O–H groups in total. The van der Waals surface area contributed by atoms with E-state index in [0.717, 1.165) is 52.7 Å². The molecule has 2 aliphatic rings. The lowest BCUT2D eigenvalue weighted by Gasteiger charge is -2.31. The number of benzene rings is 3. The number of nitrogens with one attached hydrogen (secondary N) is 1. The summed E-state index contributed by atoms with van der Waals surface area (Å²) in [5.41, 5.74) is -3.15. The number of aromatic nitrogens is 1. The van der Waals surface area contributed by atoms with E-state index in [0.29, 0.717) is 27.5 Å². The number of fused-ring (bicyclic) bond motifs is 2. The Labute approximate surface area is 281 Å². The number of rotatable bonds is 7. The van der Waals surface area contributed by atoms with E-state index < -0.39 is 81.1 Å². The van der Waals surface area contributed by atoms with Crippen LogP contribution in [0.4, 0.5) is 37.7 Å². The molecule has 9 nitrogen and oxygen atoms in total. The molecule has 1 fully saturated rings. The van der Waals surface area contributed by atoms with Gasteiger partial charge in [-0.15, -0.1) is 0 Å². The molecular weight excluding hydrogens is 700 g/mol. The van der Waals surface area contributed by atoms with E-state index in [4.69, 9.17) is 9.47 Å². The number of anilines is 2. The van der Waals surface area contributed by atoms with E-state index >= 15 is 0 Å². The molecule has 3 unspecified atom stereocenters. The van der Waals surface area contributed by atoms with Crippen LogP contribution in [0.3, 0.4) is 0 Å². The molecule has 256 valence electrons. The van der Waals surface area contributed by atoms with E-state index in [2.05, 4.69) is 5.32 Å². The van der Waals surface area contributed by atoms with Crippen LogP contribution in [-0.4, -0.2) is 41.8 Å². The Balaban J connectivity index is 1.45. The van der Waals surface area contributed by atoms with Crippen molar-refractivity contribution >= 4 is 52.2 Å². The largest absolute Gasteiger partial charge is 0.493 e. The fourth-order valence-corrected chi connectivity index (χ4v) is 8.75. The lowest BCUT2D eigenvalue weighted by molar-refractivity contribution is -0.138. The number of nitrogens with zero attached hydrogens (tertiary/aromatic N) is 2. The average molecular weight is 724 g/mol. The minimum atomic E-state index is -4.90. The molecule has 0 bridgehead atoms. The molecule has 0 spiro atoms. The predicted molar refractivity (Wildman–Crippen MR) is 167 cm³/mol. The highest BCUT2D eigenvalue weighted by Crippen LogP contribution is 2.55. The molecule has 4 aromatic rings. The van der Waals surface area contributed by atoms with Gasteiger partial charge in [0, 0.05) is 10.8 Å².